The molecule has 0 heterocycles. The van der Waals surface area contributed by atoms with Crippen LogP contribution in [-0.4, -0.2) is 11.1 Å². The molecule has 2 nitrogen and oxygen atoms in total. The van der Waals surface area contributed by atoms with Crippen molar-refractivity contribution in [3.63, 3.8) is 0 Å². The zero-order valence-corrected chi connectivity index (χ0v) is 9.83. The number of aryl methyl sites for hydroxylation is 2. The predicted molar refractivity (Wildman–Crippen MR) is 63.8 cm³/mol. The van der Waals surface area contributed by atoms with Crippen LogP contribution in [0.2, 0.25) is 0 Å². The minimum Gasteiger partial charge on any atom is -0.387 e. The van der Waals surface area contributed by atoms with Crippen LogP contribution in [0, 0.1) is 13.8 Å². The van der Waals surface area contributed by atoms with Crippen LogP contribution in [0.1, 0.15) is 42.6 Å². The normalized spacial score (nSPS) is 15.0. The third-order valence-electron chi connectivity index (χ3n) is 2.78. The van der Waals surface area contributed by atoms with E-state index in [0.29, 0.717) is 0 Å². The van der Waals surface area contributed by atoms with Crippen molar-refractivity contribution in [2.75, 3.05) is 0 Å². The molecule has 1 rings (SSSR count). The number of aliphatic hydroxyl groups is 1. The second-order valence-electron chi connectivity index (χ2n) is 4.26. The van der Waals surface area contributed by atoms with Gasteiger partial charge in [0.25, 0.3) is 0 Å². The molecule has 0 saturated carbocycles. The molecule has 1 aromatic rings. The van der Waals surface area contributed by atoms with Gasteiger partial charge in [-0.3, -0.25) is 0 Å². The maximum absolute atomic E-state index is 10.1. The van der Waals surface area contributed by atoms with Crippen molar-refractivity contribution < 1.29 is 5.11 Å². The molecule has 0 bridgehead atoms. The molecule has 2 unspecified atom stereocenters. The van der Waals surface area contributed by atoms with Crippen molar-refractivity contribution in [2.24, 2.45) is 5.73 Å². The monoisotopic (exact) mass is 207 g/mol. The van der Waals surface area contributed by atoms with Crippen LogP contribution >= 0.6 is 0 Å². The number of hydrogen-bond donors (Lipinski definition) is 2. The van der Waals surface area contributed by atoms with E-state index in [0.717, 1.165) is 24.0 Å². The summed E-state index contributed by atoms with van der Waals surface area (Å²) in [5.41, 5.74) is 9.17. The summed E-state index contributed by atoms with van der Waals surface area (Å²) in [6.45, 7) is 6.12. The first-order chi connectivity index (χ1) is 7.06. The van der Waals surface area contributed by atoms with Crippen LogP contribution in [0.15, 0.2) is 18.2 Å². The van der Waals surface area contributed by atoms with Crippen LogP contribution in [-0.2, 0) is 0 Å². The van der Waals surface area contributed by atoms with E-state index >= 15 is 0 Å². The molecular formula is C13H21NO. The lowest BCUT2D eigenvalue weighted by Gasteiger charge is -2.20. The molecule has 0 fully saturated rings. The molecule has 84 valence electrons. The number of aliphatic hydroxyl groups excluding tert-OH is 1. The minimum absolute atomic E-state index is 0.157. The standard InChI is InChI=1S/C13H21NO/c1-4-5-12(14)13(15)11-8-9(2)6-7-10(11)3/h6-8,12-13,15H,4-5,14H2,1-3H3. The Hall–Kier alpha value is -0.860. The fourth-order valence-corrected chi connectivity index (χ4v) is 1.80. The molecule has 0 saturated heterocycles. The summed E-state index contributed by atoms with van der Waals surface area (Å²) in [7, 11) is 0. The molecule has 0 aliphatic carbocycles. The Morgan fingerprint density at radius 2 is 2.00 bits per heavy atom. The highest BCUT2D eigenvalue weighted by atomic mass is 16.3. The van der Waals surface area contributed by atoms with Gasteiger partial charge in [0.2, 0.25) is 0 Å². The van der Waals surface area contributed by atoms with Crippen LogP contribution in [0.4, 0.5) is 0 Å². The topological polar surface area (TPSA) is 46.2 Å². The average Bonchev–Trinajstić information content (AvgIpc) is 2.21. The summed E-state index contributed by atoms with van der Waals surface area (Å²) >= 11 is 0. The summed E-state index contributed by atoms with van der Waals surface area (Å²) in [5.74, 6) is 0. The fraction of sp³-hybridized carbons (Fsp3) is 0.538. The van der Waals surface area contributed by atoms with Gasteiger partial charge in [0.05, 0.1) is 6.10 Å². The van der Waals surface area contributed by atoms with Gasteiger partial charge >= 0.3 is 0 Å². The smallest absolute Gasteiger partial charge is 0.0943 e. The van der Waals surface area contributed by atoms with Crippen molar-refractivity contribution in [1.82, 2.24) is 0 Å². The molecule has 2 heteroatoms. The Morgan fingerprint density at radius 1 is 1.33 bits per heavy atom. The van der Waals surface area contributed by atoms with Gasteiger partial charge < -0.3 is 10.8 Å². The fourth-order valence-electron chi connectivity index (χ4n) is 1.80. The highest BCUT2D eigenvalue weighted by Crippen LogP contribution is 2.22. The molecule has 0 aromatic heterocycles. The zero-order valence-electron chi connectivity index (χ0n) is 9.83. The summed E-state index contributed by atoms with van der Waals surface area (Å²) < 4.78 is 0. The summed E-state index contributed by atoms with van der Waals surface area (Å²) in [4.78, 5) is 0. The molecule has 0 amide bonds. The number of nitrogens with two attached hydrogens (primary N) is 1. The van der Waals surface area contributed by atoms with E-state index in [4.69, 9.17) is 5.73 Å². The molecule has 3 N–H and O–H groups in total. The van der Waals surface area contributed by atoms with Crippen LogP contribution in [0.25, 0.3) is 0 Å². The van der Waals surface area contributed by atoms with E-state index in [1.54, 1.807) is 0 Å². The predicted octanol–water partition coefficient (Wildman–Crippen LogP) is 2.46. The molecule has 0 aliphatic rings. The third kappa shape index (κ3) is 3.05. The van der Waals surface area contributed by atoms with Gasteiger partial charge in [-0.05, 0) is 31.4 Å². The van der Waals surface area contributed by atoms with Crippen LogP contribution < -0.4 is 5.73 Å². The van der Waals surface area contributed by atoms with Crippen molar-refractivity contribution in [2.45, 2.75) is 45.8 Å². The molecule has 15 heavy (non-hydrogen) atoms. The highest BCUT2D eigenvalue weighted by Gasteiger charge is 2.17. The van der Waals surface area contributed by atoms with Gasteiger partial charge in [0.1, 0.15) is 0 Å². The molecule has 2 atom stereocenters. The molecule has 0 radical (unpaired) electrons. The van der Waals surface area contributed by atoms with Crippen molar-refractivity contribution in [3.8, 4) is 0 Å². The van der Waals surface area contributed by atoms with Gasteiger partial charge in [-0.15, -0.1) is 0 Å². The van der Waals surface area contributed by atoms with Gasteiger partial charge in [-0.1, -0.05) is 37.1 Å². The minimum atomic E-state index is -0.537. The summed E-state index contributed by atoms with van der Waals surface area (Å²) in [6, 6.07) is 5.95. The lowest BCUT2D eigenvalue weighted by molar-refractivity contribution is 0.141. The van der Waals surface area contributed by atoms with Gasteiger partial charge in [-0.25, -0.2) is 0 Å². The van der Waals surface area contributed by atoms with Gasteiger partial charge in [0.15, 0.2) is 0 Å². The molecule has 0 aliphatic heterocycles. The van der Waals surface area contributed by atoms with Gasteiger partial charge in [0, 0.05) is 6.04 Å². The van der Waals surface area contributed by atoms with E-state index in [2.05, 4.69) is 13.0 Å². The van der Waals surface area contributed by atoms with Crippen molar-refractivity contribution in [1.29, 1.82) is 0 Å². The van der Waals surface area contributed by atoms with E-state index in [1.165, 1.54) is 5.56 Å². The van der Waals surface area contributed by atoms with Crippen LogP contribution in [0.5, 0.6) is 0 Å². The number of benzene rings is 1. The number of hydrogen-bond acceptors (Lipinski definition) is 2. The van der Waals surface area contributed by atoms with Crippen molar-refractivity contribution >= 4 is 0 Å². The Kier molecular flexibility index (Phi) is 4.30. The quantitative estimate of drug-likeness (QED) is 0.796. The average molecular weight is 207 g/mol. The highest BCUT2D eigenvalue weighted by molar-refractivity contribution is 5.32. The van der Waals surface area contributed by atoms with Gasteiger partial charge in [-0.2, -0.15) is 0 Å². The third-order valence-corrected chi connectivity index (χ3v) is 2.78. The van der Waals surface area contributed by atoms with E-state index in [-0.39, 0.29) is 6.04 Å². The number of rotatable bonds is 4. The van der Waals surface area contributed by atoms with Crippen molar-refractivity contribution in [3.05, 3.63) is 34.9 Å². The summed E-state index contributed by atoms with van der Waals surface area (Å²) in [5, 5.41) is 10.1. The second kappa shape index (κ2) is 5.29. The first-order valence-electron chi connectivity index (χ1n) is 5.57. The maximum Gasteiger partial charge on any atom is 0.0943 e. The zero-order chi connectivity index (χ0) is 11.4. The van der Waals surface area contributed by atoms with E-state index < -0.39 is 6.10 Å². The van der Waals surface area contributed by atoms with Crippen LogP contribution in [0.3, 0.4) is 0 Å². The molecule has 1 aromatic carbocycles. The lowest BCUT2D eigenvalue weighted by Crippen LogP contribution is -2.28. The van der Waals surface area contributed by atoms with E-state index in [1.807, 2.05) is 26.0 Å². The Morgan fingerprint density at radius 3 is 2.60 bits per heavy atom. The SMILES string of the molecule is CCCC(N)C(O)c1cc(C)ccc1C. The lowest BCUT2D eigenvalue weighted by atomic mass is 9.94. The second-order valence-corrected chi connectivity index (χ2v) is 4.26. The van der Waals surface area contributed by atoms with E-state index in [9.17, 15) is 5.11 Å². The summed E-state index contributed by atoms with van der Waals surface area (Å²) in [6.07, 6.45) is 1.32. The Balaban J connectivity index is 2.89. The Labute approximate surface area is 92.1 Å². The Bertz CT molecular complexity index is 322. The first-order valence-corrected chi connectivity index (χ1v) is 5.57. The molecular weight excluding hydrogens is 186 g/mol. The maximum atomic E-state index is 10.1. The first kappa shape index (κ1) is 12.2. The molecule has 0 spiro atoms. The largest absolute Gasteiger partial charge is 0.387 e.